The molecule has 5 heteroatoms. The molecule has 3 rings (SSSR count). The van der Waals surface area contributed by atoms with Gasteiger partial charge in [-0.05, 0) is 30.7 Å². The summed E-state index contributed by atoms with van der Waals surface area (Å²) in [5.41, 5.74) is 1.04. The summed E-state index contributed by atoms with van der Waals surface area (Å²) in [5.74, 6) is 0.224. The SMILES string of the molecule is CCCOc1ccc(C2(CCn3ccnc3)OCCO2)cc1. The Hall–Kier alpha value is -1.85. The van der Waals surface area contributed by atoms with E-state index in [1.54, 1.807) is 6.20 Å². The number of nitrogens with zero attached hydrogens (tertiary/aromatic N) is 2. The molecule has 1 saturated heterocycles. The van der Waals surface area contributed by atoms with E-state index in [4.69, 9.17) is 14.2 Å². The van der Waals surface area contributed by atoms with Gasteiger partial charge in [0.25, 0.3) is 0 Å². The lowest BCUT2D eigenvalue weighted by molar-refractivity contribution is -0.172. The monoisotopic (exact) mass is 302 g/mol. The summed E-state index contributed by atoms with van der Waals surface area (Å²) >= 11 is 0. The number of hydrogen-bond donors (Lipinski definition) is 0. The Balaban J connectivity index is 1.72. The highest BCUT2D eigenvalue weighted by Gasteiger charge is 2.38. The maximum absolute atomic E-state index is 5.95. The van der Waals surface area contributed by atoms with Gasteiger partial charge in [-0.2, -0.15) is 0 Å². The predicted molar refractivity (Wildman–Crippen MR) is 82.7 cm³/mol. The Labute approximate surface area is 130 Å². The topological polar surface area (TPSA) is 45.5 Å². The van der Waals surface area contributed by atoms with Gasteiger partial charge in [-0.25, -0.2) is 4.98 Å². The van der Waals surface area contributed by atoms with Crippen molar-refractivity contribution in [3.63, 3.8) is 0 Å². The van der Waals surface area contributed by atoms with Crippen LogP contribution in [0.5, 0.6) is 5.75 Å². The molecule has 0 unspecified atom stereocenters. The van der Waals surface area contributed by atoms with Crippen molar-refractivity contribution in [1.82, 2.24) is 9.55 Å². The summed E-state index contributed by atoms with van der Waals surface area (Å²) in [5, 5.41) is 0. The molecule has 0 radical (unpaired) electrons. The van der Waals surface area contributed by atoms with Gasteiger partial charge in [0.05, 0.1) is 26.1 Å². The van der Waals surface area contributed by atoms with Crippen molar-refractivity contribution in [2.75, 3.05) is 19.8 Å². The molecular weight excluding hydrogens is 280 g/mol. The fourth-order valence-electron chi connectivity index (χ4n) is 2.63. The predicted octanol–water partition coefficient (Wildman–Crippen LogP) is 2.96. The second kappa shape index (κ2) is 6.94. The standard InChI is InChI=1S/C17H22N2O3/c1-2-11-20-16-5-3-15(4-6-16)17(21-12-13-22-17)7-9-19-10-8-18-14-19/h3-6,8,10,14H,2,7,9,11-13H2,1H3. The maximum atomic E-state index is 5.95. The van der Waals surface area contributed by atoms with Crippen LogP contribution in [0.3, 0.4) is 0 Å². The van der Waals surface area contributed by atoms with Gasteiger partial charge in [0.1, 0.15) is 5.75 Å². The number of imidazole rings is 1. The van der Waals surface area contributed by atoms with E-state index in [1.165, 1.54) is 0 Å². The van der Waals surface area contributed by atoms with Crippen molar-refractivity contribution in [2.45, 2.75) is 32.1 Å². The third kappa shape index (κ3) is 3.31. The summed E-state index contributed by atoms with van der Waals surface area (Å²) in [4.78, 5) is 4.07. The summed E-state index contributed by atoms with van der Waals surface area (Å²) in [7, 11) is 0. The van der Waals surface area contributed by atoms with Crippen LogP contribution in [0.2, 0.25) is 0 Å². The molecule has 0 N–H and O–H groups in total. The molecule has 0 atom stereocenters. The van der Waals surface area contributed by atoms with Crippen LogP contribution in [-0.2, 0) is 21.8 Å². The van der Waals surface area contributed by atoms with Crippen LogP contribution in [0.1, 0.15) is 25.3 Å². The lowest BCUT2D eigenvalue weighted by Crippen LogP contribution is -2.28. The molecule has 0 amide bonds. The minimum Gasteiger partial charge on any atom is -0.494 e. The lowest BCUT2D eigenvalue weighted by atomic mass is 10.0. The molecule has 1 aromatic heterocycles. The minimum absolute atomic E-state index is 0.623. The van der Waals surface area contributed by atoms with E-state index in [2.05, 4.69) is 11.9 Å². The van der Waals surface area contributed by atoms with Crippen LogP contribution in [0, 0.1) is 0 Å². The zero-order valence-electron chi connectivity index (χ0n) is 12.9. The van der Waals surface area contributed by atoms with Gasteiger partial charge in [-0.3, -0.25) is 0 Å². The van der Waals surface area contributed by atoms with Crippen LogP contribution in [0.25, 0.3) is 0 Å². The maximum Gasteiger partial charge on any atom is 0.196 e. The first-order valence-corrected chi connectivity index (χ1v) is 7.79. The molecule has 0 spiro atoms. The third-order valence-electron chi connectivity index (χ3n) is 3.78. The first kappa shape index (κ1) is 15.1. The average Bonchev–Trinajstić information content (AvgIpc) is 3.23. The van der Waals surface area contributed by atoms with Crippen LogP contribution in [-0.4, -0.2) is 29.4 Å². The summed E-state index contributed by atoms with van der Waals surface area (Å²) in [6, 6.07) is 8.03. The lowest BCUT2D eigenvalue weighted by Gasteiger charge is -2.28. The van der Waals surface area contributed by atoms with E-state index in [1.807, 2.05) is 41.4 Å². The molecule has 0 saturated carbocycles. The van der Waals surface area contributed by atoms with Crippen molar-refractivity contribution < 1.29 is 14.2 Å². The molecule has 2 aromatic rings. The fourth-order valence-corrected chi connectivity index (χ4v) is 2.63. The van der Waals surface area contributed by atoms with Gasteiger partial charge in [-0.1, -0.05) is 6.92 Å². The van der Waals surface area contributed by atoms with Crippen molar-refractivity contribution in [2.24, 2.45) is 0 Å². The molecule has 118 valence electrons. The van der Waals surface area contributed by atoms with Crippen LogP contribution in [0.15, 0.2) is 43.0 Å². The van der Waals surface area contributed by atoms with E-state index >= 15 is 0 Å². The van der Waals surface area contributed by atoms with Crippen LogP contribution in [0.4, 0.5) is 0 Å². The number of aryl methyl sites for hydroxylation is 1. The highest BCUT2D eigenvalue weighted by Crippen LogP contribution is 2.36. The Morgan fingerprint density at radius 1 is 1.23 bits per heavy atom. The Bertz CT molecular complexity index is 560. The smallest absolute Gasteiger partial charge is 0.196 e. The number of aromatic nitrogens is 2. The highest BCUT2D eigenvalue weighted by molar-refractivity contribution is 5.30. The van der Waals surface area contributed by atoms with E-state index in [0.29, 0.717) is 13.2 Å². The Morgan fingerprint density at radius 2 is 2.00 bits per heavy atom. The number of ether oxygens (including phenoxy) is 3. The van der Waals surface area contributed by atoms with Gasteiger partial charge < -0.3 is 18.8 Å². The average molecular weight is 302 g/mol. The molecular formula is C17H22N2O3. The normalized spacial score (nSPS) is 16.8. The zero-order valence-corrected chi connectivity index (χ0v) is 12.9. The van der Waals surface area contributed by atoms with Crippen molar-refractivity contribution >= 4 is 0 Å². The molecule has 0 bridgehead atoms. The van der Waals surface area contributed by atoms with E-state index in [-0.39, 0.29) is 0 Å². The molecule has 1 fully saturated rings. The molecule has 2 heterocycles. The number of rotatable bonds is 7. The first-order chi connectivity index (χ1) is 10.8. The zero-order chi connectivity index (χ0) is 15.3. The highest BCUT2D eigenvalue weighted by atomic mass is 16.7. The number of hydrogen-bond acceptors (Lipinski definition) is 4. The van der Waals surface area contributed by atoms with Crippen molar-refractivity contribution in [3.05, 3.63) is 48.5 Å². The second-order valence-corrected chi connectivity index (χ2v) is 5.37. The van der Waals surface area contributed by atoms with Crippen molar-refractivity contribution in [3.8, 4) is 5.75 Å². The fraction of sp³-hybridized carbons (Fsp3) is 0.471. The molecule has 5 nitrogen and oxygen atoms in total. The number of benzene rings is 1. The Morgan fingerprint density at radius 3 is 2.64 bits per heavy atom. The summed E-state index contributed by atoms with van der Waals surface area (Å²) in [6.45, 7) is 4.88. The molecule has 22 heavy (non-hydrogen) atoms. The third-order valence-corrected chi connectivity index (χ3v) is 3.78. The second-order valence-electron chi connectivity index (χ2n) is 5.37. The van der Waals surface area contributed by atoms with E-state index < -0.39 is 5.79 Å². The van der Waals surface area contributed by atoms with Gasteiger partial charge in [-0.15, -0.1) is 0 Å². The summed E-state index contributed by atoms with van der Waals surface area (Å²) in [6.07, 6.45) is 7.29. The molecule has 1 aliphatic rings. The first-order valence-electron chi connectivity index (χ1n) is 7.79. The van der Waals surface area contributed by atoms with Gasteiger partial charge in [0, 0.05) is 30.9 Å². The molecule has 0 aliphatic carbocycles. The largest absolute Gasteiger partial charge is 0.494 e. The quantitative estimate of drug-likeness (QED) is 0.789. The van der Waals surface area contributed by atoms with Gasteiger partial charge in [0.15, 0.2) is 5.79 Å². The Kier molecular flexibility index (Phi) is 4.75. The van der Waals surface area contributed by atoms with Gasteiger partial charge in [0.2, 0.25) is 0 Å². The van der Waals surface area contributed by atoms with Crippen LogP contribution < -0.4 is 4.74 Å². The molecule has 1 aliphatic heterocycles. The minimum atomic E-state index is -0.659. The van der Waals surface area contributed by atoms with Crippen LogP contribution >= 0.6 is 0 Å². The molecule has 1 aromatic carbocycles. The van der Waals surface area contributed by atoms with E-state index in [9.17, 15) is 0 Å². The van der Waals surface area contributed by atoms with E-state index in [0.717, 1.165) is 37.3 Å². The summed E-state index contributed by atoms with van der Waals surface area (Å²) < 4.78 is 19.6. The van der Waals surface area contributed by atoms with Gasteiger partial charge >= 0.3 is 0 Å². The van der Waals surface area contributed by atoms with Crippen molar-refractivity contribution in [1.29, 1.82) is 0 Å².